The van der Waals surface area contributed by atoms with Crippen molar-refractivity contribution in [1.82, 2.24) is 5.32 Å². The van der Waals surface area contributed by atoms with E-state index < -0.39 is 0 Å². The third-order valence-electron chi connectivity index (χ3n) is 1.08. The molecule has 0 unspecified atom stereocenters. The summed E-state index contributed by atoms with van der Waals surface area (Å²) in [6.07, 6.45) is 1.84. The molecule has 13 heavy (non-hydrogen) atoms. The fraction of sp³-hybridized carbons (Fsp3) is 0.750. The van der Waals surface area contributed by atoms with Gasteiger partial charge < -0.3 is 9.47 Å². The average molecular weight is 221 g/mol. The lowest BCUT2D eigenvalue weighted by Crippen LogP contribution is -2.31. The first kappa shape index (κ1) is 12.6. The number of rotatable bonds is 4. The van der Waals surface area contributed by atoms with Crippen molar-refractivity contribution >= 4 is 34.8 Å². The Morgan fingerprint density at radius 3 is 1.69 bits per heavy atom. The van der Waals surface area contributed by atoms with Gasteiger partial charge in [-0.3, -0.25) is 5.32 Å². The van der Waals surface area contributed by atoms with E-state index in [1.165, 1.54) is 0 Å². The van der Waals surface area contributed by atoms with Gasteiger partial charge in [-0.15, -0.1) is 0 Å². The topological polar surface area (TPSA) is 30.5 Å². The molecule has 1 N–H and O–H groups in total. The zero-order chi connectivity index (χ0) is 10.1. The lowest BCUT2D eigenvalue weighted by molar-refractivity contribution is 0.283. The molecule has 0 rings (SSSR count). The van der Waals surface area contributed by atoms with Crippen LogP contribution in [0.25, 0.3) is 0 Å². The molecule has 5 heteroatoms. The van der Waals surface area contributed by atoms with Crippen LogP contribution in [0.5, 0.6) is 0 Å². The summed E-state index contributed by atoms with van der Waals surface area (Å²) in [5.41, 5.74) is 0. The highest BCUT2D eigenvalue weighted by molar-refractivity contribution is 7.81. The van der Waals surface area contributed by atoms with E-state index in [2.05, 4.69) is 5.32 Å². The number of nitrogens with one attached hydrogen (secondary N) is 1. The molecule has 0 saturated heterocycles. The largest absolute Gasteiger partial charge is 0.471 e. The number of hydrogen-bond donors (Lipinski definition) is 1. The Morgan fingerprint density at radius 1 is 1.00 bits per heavy atom. The minimum Gasteiger partial charge on any atom is -0.471 e. The summed E-state index contributed by atoms with van der Waals surface area (Å²) >= 11 is 9.69. The summed E-state index contributed by atoms with van der Waals surface area (Å²) in [5, 5.41) is 3.23. The zero-order valence-corrected chi connectivity index (χ0v) is 9.59. The van der Waals surface area contributed by atoms with E-state index in [9.17, 15) is 0 Å². The van der Waals surface area contributed by atoms with E-state index in [1.807, 2.05) is 13.8 Å². The number of hydrogen-bond acceptors (Lipinski definition) is 4. The van der Waals surface area contributed by atoms with E-state index in [1.54, 1.807) is 0 Å². The van der Waals surface area contributed by atoms with Gasteiger partial charge in [0.2, 0.25) is 0 Å². The molecule has 0 spiro atoms. The molecule has 0 aromatic heterocycles. The number of ether oxygens (including phenoxy) is 2. The zero-order valence-electron chi connectivity index (χ0n) is 7.96. The Bertz CT molecular complexity index is 156. The highest BCUT2D eigenvalue weighted by Gasteiger charge is 2.00. The summed E-state index contributed by atoms with van der Waals surface area (Å²) in [6.45, 7) is 5.22. The van der Waals surface area contributed by atoms with Crippen LogP contribution in [0.1, 0.15) is 26.7 Å². The molecule has 0 aromatic rings. The molecule has 0 fully saturated rings. The van der Waals surface area contributed by atoms with E-state index >= 15 is 0 Å². The maximum absolute atomic E-state index is 5.09. The highest BCUT2D eigenvalue weighted by atomic mass is 32.1. The van der Waals surface area contributed by atoms with Gasteiger partial charge in [0.25, 0.3) is 10.3 Å². The molecule has 3 nitrogen and oxygen atoms in total. The van der Waals surface area contributed by atoms with Gasteiger partial charge >= 0.3 is 0 Å². The summed E-state index contributed by atoms with van der Waals surface area (Å²) in [5.74, 6) is 0. The molecule has 0 amide bonds. The van der Waals surface area contributed by atoms with Crippen LogP contribution >= 0.6 is 24.4 Å². The van der Waals surface area contributed by atoms with Crippen LogP contribution in [0, 0.1) is 0 Å². The van der Waals surface area contributed by atoms with Crippen LogP contribution in [-0.2, 0) is 9.47 Å². The minimum absolute atomic E-state index is 0.281. The molecule has 0 saturated carbocycles. The smallest absolute Gasteiger partial charge is 0.264 e. The van der Waals surface area contributed by atoms with Crippen molar-refractivity contribution in [2.24, 2.45) is 0 Å². The molecule has 0 aliphatic carbocycles. The van der Waals surface area contributed by atoms with Gasteiger partial charge in [-0.1, -0.05) is 13.8 Å². The standard InChI is InChI=1S/C8H15NO2S2/c1-3-5-10-7(12)9-8(13)11-6-4-2/h3-6H2,1-2H3,(H,9,12,13). The van der Waals surface area contributed by atoms with Crippen molar-refractivity contribution in [1.29, 1.82) is 0 Å². The van der Waals surface area contributed by atoms with Gasteiger partial charge in [0.05, 0.1) is 13.2 Å². The summed E-state index contributed by atoms with van der Waals surface area (Å²) in [4.78, 5) is 0. The number of thiocarbonyl (C=S) groups is 2. The Kier molecular flexibility index (Phi) is 7.93. The third-order valence-corrected chi connectivity index (χ3v) is 1.52. The fourth-order valence-electron chi connectivity index (χ4n) is 0.545. The second-order valence-electron chi connectivity index (χ2n) is 2.40. The van der Waals surface area contributed by atoms with Crippen molar-refractivity contribution in [2.75, 3.05) is 13.2 Å². The van der Waals surface area contributed by atoms with Crippen molar-refractivity contribution in [3.8, 4) is 0 Å². The third kappa shape index (κ3) is 7.93. The average Bonchev–Trinajstić information content (AvgIpc) is 2.11. The molecule has 0 aromatic carbocycles. The monoisotopic (exact) mass is 221 g/mol. The SMILES string of the molecule is CCCOC(=S)NC(=S)OCCC. The van der Waals surface area contributed by atoms with Crippen molar-refractivity contribution in [3.05, 3.63) is 0 Å². The Labute approximate surface area is 89.8 Å². The lowest BCUT2D eigenvalue weighted by Gasteiger charge is -2.09. The highest BCUT2D eigenvalue weighted by Crippen LogP contribution is 1.86. The van der Waals surface area contributed by atoms with Crippen molar-refractivity contribution < 1.29 is 9.47 Å². The van der Waals surface area contributed by atoms with Crippen molar-refractivity contribution in [3.63, 3.8) is 0 Å². The van der Waals surface area contributed by atoms with Crippen LogP contribution in [-0.4, -0.2) is 23.6 Å². The van der Waals surface area contributed by atoms with Crippen molar-refractivity contribution in [2.45, 2.75) is 26.7 Å². The fourth-order valence-corrected chi connectivity index (χ4v) is 0.962. The molecule has 76 valence electrons. The van der Waals surface area contributed by atoms with Gasteiger partial charge in [0, 0.05) is 0 Å². The second-order valence-corrected chi connectivity index (χ2v) is 3.14. The van der Waals surface area contributed by atoms with Gasteiger partial charge in [0.1, 0.15) is 0 Å². The van der Waals surface area contributed by atoms with Gasteiger partial charge in [-0.2, -0.15) is 0 Å². The Morgan fingerprint density at radius 2 is 1.38 bits per heavy atom. The molecule has 0 heterocycles. The maximum atomic E-state index is 5.09. The molecular weight excluding hydrogens is 206 g/mol. The molecule has 0 atom stereocenters. The quantitative estimate of drug-likeness (QED) is 0.734. The van der Waals surface area contributed by atoms with Gasteiger partial charge in [-0.05, 0) is 37.3 Å². The lowest BCUT2D eigenvalue weighted by atomic mass is 10.5. The van der Waals surface area contributed by atoms with Crippen LogP contribution in [0.2, 0.25) is 0 Å². The van der Waals surface area contributed by atoms with Crippen LogP contribution in [0.15, 0.2) is 0 Å². The van der Waals surface area contributed by atoms with E-state index in [-0.39, 0.29) is 10.3 Å². The summed E-state index contributed by atoms with van der Waals surface area (Å²) in [6, 6.07) is 0. The van der Waals surface area contributed by atoms with Gasteiger partial charge in [-0.25, -0.2) is 0 Å². The Balaban J connectivity index is 3.47. The predicted molar refractivity (Wildman–Crippen MR) is 60.8 cm³/mol. The van der Waals surface area contributed by atoms with E-state index in [0.717, 1.165) is 12.8 Å². The first-order chi connectivity index (χ1) is 6.20. The normalized spacial score (nSPS) is 9.08. The molecule has 0 bridgehead atoms. The van der Waals surface area contributed by atoms with Crippen LogP contribution < -0.4 is 5.32 Å². The first-order valence-corrected chi connectivity index (χ1v) is 5.12. The van der Waals surface area contributed by atoms with Crippen LogP contribution in [0.4, 0.5) is 0 Å². The molecule has 0 radical (unpaired) electrons. The predicted octanol–water partition coefficient (Wildman–Crippen LogP) is 2.00. The first-order valence-electron chi connectivity index (χ1n) is 4.31. The Hall–Kier alpha value is -0.420. The van der Waals surface area contributed by atoms with Gasteiger partial charge in [0.15, 0.2) is 0 Å². The van der Waals surface area contributed by atoms with E-state index in [4.69, 9.17) is 33.9 Å². The van der Waals surface area contributed by atoms with Crippen LogP contribution in [0.3, 0.4) is 0 Å². The minimum atomic E-state index is 0.281. The van der Waals surface area contributed by atoms with E-state index in [0.29, 0.717) is 13.2 Å². The molecule has 0 aliphatic rings. The molecular formula is C8H15NO2S2. The second kappa shape index (κ2) is 8.19. The summed E-state index contributed by atoms with van der Waals surface area (Å²) in [7, 11) is 0. The maximum Gasteiger partial charge on any atom is 0.264 e. The summed E-state index contributed by atoms with van der Waals surface area (Å²) < 4.78 is 10.2. The molecule has 0 aliphatic heterocycles.